The van der Waals surface area contributed by atoms with E-state index in [4.69, 9.17) is 0 Å². The van der Waals surface area contributed by atoms with Crippen LogP contribution in [0.15, 0.2) is 36.5 Å². The Morgan fingerprint density at radius 1 is 1.20 bits per heavy atom. The molecule has 0 saturated heterocycles. The summed E-state index contributed by atoms with van der Waals surface area (Å²) >= 11 is 0. The SMILES string of the molecule is CCNC(=O)Cc1c[nH]c(C(=O)c2ccccc2)c1C. The van der Waals surface area contributed by atoms with Crippen molar-refractivity contribution in [2.75, 3.05) is 6.54 Å². The van der Waals surface area contributed by atoms with Crippen molar-refractivity contribution in [1.82, 2.24) is 10.3 Å². The molecule has 1 aromatic carbocycles. The first-order valence-corrected chi connectivity index (χ1v) is 6.66. The second-order valence-corrected chi connectivity index (χ2v) is 4.64. The van der Waals surface area contributed by atoms with E-state index in [2.05, 4.69) is 10.3 Å². The van der Waals surface area contributed by atoms with Crippen LogP contribution in [0.4, 0.5) is 0 Å². The Bertz CT molecular complexity index is 615. The number of amides is 1. The van der Waals surface area contributed by atoms with Crippen LogP contribution in [0.5, 0.6) is 0 Å². The summed E-state index contributed by atoms with van der Waals surface area (Å²) in [6, 6.07) is 9.11. The van der Waals surface area contributed by atoms with E-state index < -0.39 is 0 Å². The van der Waals surface area contributed by atoms with Crippen molar-refractivity contribution in [3.8, 4) is 0 Å². The Hall–Kier alpha value is -2.36. The largest absolute Gasteiger partial charge is 0.358 e. The summed E-state index contributed by atoms with van der Waals surface area (Å²) in [5, 5.41) is 2.75. The predicted molar refractivity (Wildman–Crippen MR) is 77.8 cm³/mol. The second-order valence-electron chi connectivity index (χ2n) is 4.64. The summed E-state index contributed by atoms with van der Waals surface area (Å²) in [6.45, 7) is 4.35. The van der Waals surface area contributed by atoms with Crippen LogP contribution in [0.1, 0.15) is 34.1 Å². The standard InChI is InChI=1S/C16H18N2O2/c1-3-17-14(19)9-13-10-18-15(11(13)2)16(20)12-7-5-4-6-8-12/h4-8,10,18H,3,9H2,1-2H3,(H,17,19). The fraction of sp³-hybridized carbons (Fsp3) is 0.250. The molecule has 0 aliphatic rings. The Morgan fingerprint density at radius 2 is 1.90 bits per heavy atom. The Kier molecular flexibility index (Phi) is 4.35. The highest BCUT2D eigenvalue weighted by atomic mass is 16.1. The van der Waals surface area contributed by atoms with Crippen LogP contribution in [0, 0.1) is 6.92 Å². The van der Waals surface area contributed by atoms with Gasteiger partial charge in [-0.25, -0.2) is 0 Å². The molecule has 1 heterocycles. The molecule has 2 rings (SSSR count). The molecule has 20 heavy (non-hydrogen) atoms. The van der Waals surface area contributed by atoms with Crippen LogP contribution in [-0.4, -0.2) is 23.2 Å². The second kappa shape index (κ2) is 6.19. The van der Waals surface area contributed by atoms with Gasteiger partial charge in [0.05, 0.1) is 12.1 Å². The number of benzene rings is 1. The van der Waals surface area contributed by atoms with Gasteiger partial charge in [0.25, 0.3) is 0 Å². The zero-order valence-electron chi connectivity index (χ0n) is 11.7. The first-order valence-electron chi connectivity index (χ1n) is 6.66. The minimum Gasteiger partial charge on any atom is -0.358 e. The van der Waals surface area contributed by atoms with Gasteiger partial charge in [0.15, 0.2) is 0 Å². The topological polar surface area (TPSA) is 62.0 Å². The summed E-state index contributed by atoms with van der Waals surface area (Å²) < 4.78 is 0. The fourth-order valence-corrected chi connectivity index (χ4v) is 2.12. The molecule has 0 atom stereocenters. The summed E-state index contributed by atoms with van der Waals surface area (Å²) in [5.41, 5.74) is 2.89. The molecule has 0 aliphatic heterocycles. The number of hydrogen-bond acceptors (Lipinski definition) is 2. The molecular weight excluding hydrogens is 252 g/mol. The maximum atomic E-state index is 12.4. The molecule has 0 radical (unpaired) electrons. The van der Waals surface area contributed by atoms with Crippen LogP contribution in [0.25, 0.3) is 0 Å². The van der Waals surface area contributed by atoms with Gasteiger partial charge >= 0.3 is 0 Å². The minimum absolute atomic E-state index is 0.0340. The Labute approximate surface area is 118 Å². The lowest BCUT2D eigenvalue weighted by Gasteiger charge is -2.03. The monoisotopic (exact) mass is 270 g/mol. The smallest absolute Gasteiger partial charge is 0.224 e. The van der Waals surface area contributed by atoms with Crippen LogP contribution < -0.4 is 5.32 Å². The van der Waals surface area contributed by atoms with Crippen LogP contribution in [-0.2, 0) is 11.2 Å². The molecule has 1 amide bonds. The summed E-state index contributed by atoms with van der Waals surface area (Å²) in [7, 11) is 0. The third-order valence-electron chi connectivity index (χ3n) is 3.24. The molecule has 0 bridgehead atoms. The predicted octanol–water partition coefficient (Wildman–Crippen LogP) is 2.23. The molecule has 0 spiro atoms. The number of carbonyl (C=O) groups excluding carboxylic acids is 2. The summed E-state index contributed by atoms with van der Waals surface area (Å²) in [6.07, 6.45) is 2.03. The zero-order chi connectivity index (χ0) is 14.5. The van der Waals surface area contributed by atoms with Gasteiger partial charge in [0, 0.05) is 18.3 Å². The maximum absolute atomic E-state index is 12.4. The molecule has 2 aromatic rings. The number of likely N-dealkylation sites (N-methyl/N-ethyl adjacent to an activating group) is 1. The molecule has 1 aromatic heterocycles. The van der Waals surface area contributed by atoms with E-state index in [1.54, 1.807) is 18.3 Å². The van der Waals surface area contributed by atoms with E-state index in [9.17, 15) is 9.59 Å². The van der Waals surface area contributed by atoms with Crippen molar-refractivity contribution >= 4 is 11.7 Å². The number of carbonyl (C=O) groups is 2. The highest BCUT2D eigenvalue weighted by molar-refractivity contribution is 6.08. The van der Waals surface area contributed by atoms with Crippen LogP contribution in [0.2, 0.25) is 0 Å². The van der Waals surface area contributed by atoms with Gasteiger partial charge in [0.2, 0.25) is 11.7 Å². The van der Waals surface area contributed by atoms with E-state index in [1.807, 2.05) is 32.0 Å². The lowest BCUT2D eigenvalue weighted by Crippen LogP contribution is -2.24. The van der Waals surface area contributed by atoms with Crippen molar-refractivity contribution < 1.29 is 9.59 Å². The summed E-state index contributed by atoms with van der Waals surface area (Å²) in [4.78, 5) is 27.0. The third kappa shape index (κ3) is 2.96. The quantitative estimate of drug-likeness (QED) is 0.818. The highest BCUT2D eigenvalue weighted by Crippen LogP contribution is 2.17. The van der Waals surface area contributed by atoms with Crippen molar-refractivity contribution in [1.29, 1.82) is 0 Å². The van der Waals surface area contributed by atoms with Crippen molar-refractivity contribution in [2.45, 2.75) is 20.3 Å². The highest BCUT2D eigenvalue weighted by Gasteiger charge is 2.17. The zero-order valence-corrected chi connectivity index (χ0v) is 11.7. The average Bonchev–Trinajstić information content (AvgIpc) is 2.81. The molecule has 104 valence electrons. The van der Waals surface area contributed by atoms with Gasteiger partial charge in [-0.15, -0.1) is 0 Å². The van der Waals surface area contributed by atoms with E-state index in [1.165, 1.54) is 0 Å². The number of aromatic amines is 1. The van der Waals surface area contributed by atoms with E-state index >= 15 is 0 Å². The van der Waals surface area contributed by atoms with E-state index in [-0.39, 0.29) is 18.1 Å². The van der Waals surface area contributed by atoms with Crippen molar-refractivity contribution in [3.63, 3.8) is 0 Å². The molecule has 4 heteroatoms. The normalized spacial score (nSPS) is 10.3. The molecular formula is C16H18N2O2. The van der Waals surface area contributed by atoms with E-state index in [0.717, 1.165) is 11.1 Å². The summed E-state index contributed by atoms with van der Waals surface area (Å²) in [5.74, 6) is -0.0847. The number of aromatic nitrogens is 1. The number of H-pyrrole nitrogens is 1. The lowest BCUT2D eigenvalue weighted by atomic mass is 10.0. The van der Waals surface area contributed by atoms with Gasteiger partial charge in [-0.2, -0.15) is 0 Å². The fourth-order valence-electron chi connectivity index (χ4n) is 2.12. The van der Waals surface area contributed by atoms with E-state index in [0.29, 0.717) is 17.8 Å². The molecule has 2 N–H and O–H groups in total. The van der Waals surface area contributed by atoms with Gasteiger partial charge in [-0.1, -0.05) is 30.3 Å². The molecule has 0 unspecified atom stereocenters. The third-order valence-corrected chi connectivity index (χ3v) is 3.24. The number of rotatable bonds is 5. The maximum Gasteiger partial charge on any atom is 0.224 e. The number of nitrogens with one attached hydrogen (secondary N) is 2. The van der Waals surface area contributed by atoms with Crippen molar-refractivity contribution in [2.24, 2.45) is 0 Å². The van der Waals surface area contributed by atoms with Gasteiger partial charge in [-0.3, -0.25) is 9.59 Å². The van der Waals surface area contributed by atoms with Crippen LogP contribution >= 0.6 is 0 Å². The molecule has 0 fully saturated rings. The molecule has 0 saturated carbocycles. The lowest BCUT2D eigenvalue weighted by molar-refractivity contribution is -0.120. The van der Waals surface area contributed by atoms with Gasteiger partial charge in [-0.05, 0) is 25.0 Å². The first-order chi connectivity index (χ1) is 9.63. The molecule has 0 aliphatic carbocycles. The minimum atomic E-state index is -0.0507. The Balaban J connectivity index is 2.21. The first kappa shape index (κ1) is 14.1. The van der Waals surface area contributed by atoms with Gasteiger partial charge < -0.3 is 10.3 Å². The Morgan fingerprint density at radius 3 is 2.55 bits per heavy atom. The molecule has 4 nitrogen and oxygen atoms in total. The van der Waals surface area contributed by atoms with Gasteiger partial charge in [0.1, 0.15) is 0 Å². The van der Waals surface area contributed by atoms with Crippen LogP contribution in [0.3, 0.4) is 0 Å². The number of ketones is 1. The average molecular weight is 270 g/mol. The van der Waals surface area contributed by atoms with Crippen molar-refractivity contribution in [3.05, 3.63) is 58.9 Å². The number of hydrogen-bond donors (Lipinski definition) is 2.